The van der Waals surface area contributed by atoms with E-state index >= 15 is 0 Å². The largest absolute Gasteiger partial charge is 0.314 e. The van der Waals surface area contributed by atoms with Crippen molar-refractivity contribution in [3.05, 3.63) is 12.2 Å². The van der Waals surface area contributed by atoms with Crippen LogP contribution in [0.2, 0.25) is 0 Å². The quantitative estimate of drug-likeness (QED) is 0.277. The highest BCUT2D eigenvalue weighted by atomic mass is 15.2. The van der Waals surface area contributed by atoms with Crippen molar-refractivity contribution in [2.45, 2.75) is 96.8 Å². The van der Waals surface area contributed by atoms with Gasteiger partial charge < -0.3 is 10.2 Å². The first-order valence-corrected chi connectivity index (χ1v) is 11.0. The van der Waals surface area contributed by atoms with Crippen molar-refractivity contribution in [2.24, 2.45) is 0 Å². The molecule has 0 aromatic heterocycles. The molecule has 1 aliphatic rings. The van der Waals surface area contributed by atoms with Gasteiger partial charge in [0.1, 0.15) is 0 Å². The number of nitrogens with zero attached hydrogens (tertiary/aromatic N) is 1. The summed E-state index contributed by atoms with van der Waals surface area (Å²) in [6.07, 6.45) is 24.5. The highest BCUT2D eigenvalue weighted by Gasteiger charge is 2.07. The Hall–Kier alpha value is -0.340. The molecule has 1 aliphatic heterocycles. The second kappa shape index (κ2) is 17.5. The molecule has 0 bridgehead atoms. The summed E-state index contributed by atoms with van der Waals surface area (Å²) < 4.78 is 0. The number of piperazine rings is 1. The predicted octanol–water partition coefficient (Wildman–Crippen LogP) is 5.93. The van der Waals surface area contributed by atoms with E-state index in [9.17, 15) is 0 Å². The Morgan fingerprint density at radius 1 is 0.667 bits per heavy atom. The molecule has 1 saturated heterocycles. The molecular formula is C22H44N2. The third kappa shape index (κ3) is 14.0. The Labute approximate surface area is 152 Å². The summed E-state index contributed by atoms with van der Waals surface area (Å²) in [5.74, 6) is 0. The first kappa shape index (κ1) is 21.7. The van der Waals surface area contributed by atoms with Gasteiger partial charge in [-0.3, -0.25) is 0 Å². The van der Waals surface area contributed by atoms with Crippen LogP contribution < -0.4 is 5.32 Å². The minimum absolute atomic E-state index is 1.19. The molecular weight excluding hydrogens is 292 g/mol. The van der Waals surface area contributed by atoms with E-state index in [-0.39, 0.29) is 0 Å². The van der Waals surface area contributed by atoms with Crippen LogP contribution in [0.15, 0.2) is 12.2 Å². The van der Waals surface area contributed by atoms with Crippen LogP contribution in [0.5, 0.6) is 0 Å². The van der Waals surface area contributed by atoms with Gasteiger partial charge in [-0.05, 0) is 38.6 Å². The number of rotatable bonds is 16. The van der Waals surface area contributed by atoms with E-state index in [0.717, 1.165) is 0 Å². The second-order valence-corrected chi connectivity index (χ2v) is 7.53. The molecule has 0 aromatic carbocycles. The third-order valence-corrected chi connectivity index (χ3v) is 5.20. The van der Waals surface area contributed by atoms with Gasteiger partial charge >= 0.3 is 0 Å². The summed E-state index contributed by atoms with van der Waals surface area (Å²) in [5.41, 5.74) is 0. The van der Waals surface area contributed by atoms with E-state index in [1.165, 1.54) is 123 Å². The summed E-state index contributed by atoms with van der Waals surface area (Å²) in [5, 5.41) is 3.42. The molecule has 0 unspecified atom stereocenters. The van der Waals surface area contributed by atoms with Crippen molar-refractivity contribution >= 4 is 0 Å². The molecule has 2 heteroatoms. The summed E-state index contributed by atoms with van der Waals surface area (Å²) in [4.78, 5) is 2.62. The van der Waals surface area contributed by atoms with Crippen molar-refractivity contribution in [3.8, 4) is 0 Å². The lowest BCUT2D eigenvalue weighted by Crippen LogP contribution is -2.43. The molecule has 24 heavy (non-hydrogen) atoms. The molecule has 0 aromatic rings. The smallest absolute Gasteiger partial charge is 0.0107 e. The summed E-state index contributed by atoms with van der Waals surface area (Å²) in [6, 6.07) is 0. The molecule has 0 spiro atoms. The van der Waals surface area contributed by atoms with E-state index in [4.69, 9.17) is 0 Å². The van der Waals surface area contributed by atoms with Crippen LogP contribution in [0.1, 0.15) is 96.8 Å². The molecule has 1 rings (SSSR count). The van der Waals surface area contributed by atoms with Crippen LogP contribution >= 0.6 is 0 Å². The number of hydrogen-bond acceptors (Lipinski definition) is 2. The molecule has 0 saturated carbocycles. The SMILES string of the molecule is CCCCCCCC/C=C\CCCCCCCCN1CCNCC1. The molecule has 1 heterocycles. The van der Waals surface area contributed by atoms with Crippen LogP contribution in [-0.2, 0) is 0 Å². The van der Waals surface area contributed by atoms with Crippen molar-refractivity contribution < 1.29 is 0 Å². The standard InChI is InChI=1S/C22H44N2/c1-2-3-4-5-6-7-8-9-10-11-12-13-14-15-16-17-20-24-21-18-23-19-22-24/h9-10,23H,2-8,11-22H2,1H3/b10-9-. The van der Waals surface area contributed by atoms with E-state index < -0.39 is 0 Å². The highest BCUT2D eigenvalue weighted by molar-refractivity contribution is 4.81. The minimum Gasteiger partial charge on any atom is -0.314 e. The summed E-state index contributed by atoms with van der Waals surface area (Å²) in [6.45, 7) is 8.49. The zero-order chi connectivity index (χ0) is 17.1. The first-order chi connectivity index (χ1) is 11.9. The van der Waals surface area contributed by atoms with Crippen molar-refractivity contribution in [1.29, 1.82) is 0 Å². The second-order valence-electron chi connectivity index (χ2n) is 7.53. The fraction of sp³-hybridized carbons (Fsp3) is 0.909. The first-order valence-electron chi connectivity index (χ1n) is 11.0. The van der Waals surface area contributed by atoms with Gasteiger partial charge in [0.25, 0.3) is 0 Å². The predicted molar refractivity (Wildman–Crippen MR) is 109 cm³/mol. The van der Waals surface area contributed by atoms with Gasteiger partial charge in [0.05, 0.1) is 0 Å². The van der Waals surface area contributed by atoms with Crippen LogP contribution in [0.25, 0.3) is 0 Å². The van der Waals surface area contributed by atoms with Crippen LogP contribution in [0.3, 0.4) is 0 Å². The number of allylic oxidation sites excluding steroid dienone is 2. The lowest BCUT2D eigenvalue weighted by molar-refractivity contribution is 0.236. The van der Waals surface area contributed by atoms with Gasteiger partial charge in [0, 0.05) is 26.2 Å². The maximum absolute atomic E-state index is 3.42. The Balaban J connectivity index is 1.71. The lowest BCUT2D eigenvalue weighted by Gasteiger charge is -2.27. The number of unbranched alkanes of at least 4 members (excludes halogenated alkanes) is 12. The van der Waals surface area contributed by atoms with E-state index in [0.29, 0.717) is 0 Å². The maximum atomic E-state index is 3.42. The Kier molecular flexibility index (Phi) is 15.8. The normalized spacial score (nSPS) is 16.2. The Morgan fingerprint density at radius 3 is 1.75 bits per heavy atom. The lowest BCUT2D eigenvalue weighted by atomic mass is 10.1. The zero-order valence-electron chi connectivity index (χ0n) is 16.5. The molecule has 1 N–H and O–H groups in total. The topological polar surface area (TPSA) is 15.3 Å². The molecule has 0 radical (unpaired) electrons. The average Bonchev–Trinajstić information content (AvgIpc) is 2.62. The van der Waals surface area contributed by atoms with Crippen LogP contribution in [-0.4, -0.2) is 37.6 Å². The fourth-order valence-corrected chi connectivity index (χ4v) is 3.52. The third-order valence-electron chi connectivity index (χ3n) is 5.20. The molecule has 2 nitrogen and oxygen atoms in total. The van der Waals surface area contributed by atoms with Crippen molar-refractivity contribution in [3.63, 3.8) is 0 Å². The van der Waals surface area contributed by atoms with Gasteiger partial charge in [-0.2, -0.15) is 0 Å². The van der Waals surface area contributed by atoms with Gasteiger partial charge in [0.2, 0.25) is 0 Å². The number of hydrogen-bond donors (Lipinski definition) is 1. The van der Waals surface area contributed by atoms with Crippen molar-refractivity contribution in [2.75, 3.05) is 32.7 Å². The summed E-state index contributed by atoms with van der Waals surface area (Å²) in [7, 11) is 0. The van der Waals surface area contributed by atoms with Gasteiger partial charge in [-0.25, -0.2) is 0 Å². The monoisotopic (exact) mass is 336 g/mol. The van der Waals surface area contributed by atoms with Gasteiger partial charge in [-0.15, -0.1) is 0 Å². The average molecular weight is 337 g/mol. The Bertz CT molecular complexity index is 269. The summed E-state index contributed by atoms with van der Waals surface area (Å²) >= 11 is 0. The van der Waals surface area contributed by atoms with E-state index in [1.807, 2.05) is 0 Å². The highest BCUT2D eigenvalue weighted by Crippen LogP contribution is 2.10. The molecule has 1 fully saturated rings. The zero-order valence-corrected chi connectivity index (χ0v) is 16.5. The number of nitrogens with one attached hydrogen (secondary N) is 1. The van der Waals surface area contributed by atoms with Crippen LogP contribution in [0.4, 0.5) is 0 Å². The molecule has 142 valence electrons. The Morgan fingerprint density at radius 2 is 1.17 bits per heavy atom. The van der Waals surface area contributed by atoms with Crippen LogP contribution in [0, 0.1) is 0 Å². The molecule has 0 amide bonds. The van der Waals surface area contributed by atoms with E-state index in [1.54, 1.807) is 0 Å². The van der Waals surface area contributed by atoms with Gasteiger partial charge in [-0.1, -0.05) is 76.9 Å². The molecule has 0 aliphatic carbocycles. The maximum Gasteiger partial charge on any atom is 0.0107 e. The minimum atomic E-state index is 1.19. The molecule has 0 atom stereocenters. The fourth-order valence-electron chi connectivity index (χ4n) is 3.52. The van der Waals surface area contributed by atoms with Gasteiger partial charge in [0.15, 0.2) is 0 Å². The van der Waals surface area contributed by atoms with E-state index in [2.05, 4.69) is 29.3 Å². The van der Waals surface area contributed by atoms with Crippen molar-refractivity contribution in [1.82, 2.24) is 10.2 Å².